The van der Waals surface area contributed by atoms with Crippen LogP contribution in [0.5, 0.6) is 5.75 Å². The summed E-state index contributed by atoms with van der Waals surface area (Å²) in [6.45, 7) is 3.34. The Morgan fingerprint density at radius 1 is 1.00 bits per heavy atom. The number of halogens is 1. The molecule has 3 aromatic carbocycles. The number of benzene rings is 3. The van der Waals surface area contributed by atoms with Gasteiger partial charge in [-0.15, -0.1) is 5.10 Å². The number of fused-ring (bicyclic) bond motifs is 1. The van der Waals surface area contributed by atoms with Crippen LogP contribution in [0.25, 0.3) is 11.0 Å². The second-order valence-corrected chi connectivity index (χ2v) is 10.9. The van der Waals surface area contributed by atoms with E-state index in [4.69, 9.17) is 20.8 Å². The van der Waals surface area contributed by atoms with Crippen LogP contribution >= 0.6 is 11.6 Å². The normalized spacial score (nSPS) is 14.2. The van der Waals surface area contributed by atoms with Crippen LogP contribution in [0.1, 0.15) is 40.0 Å². The Morgan fingerprint density at radius 3 is 2.60 bits per heavy atom. The number of aromatic nitrogens is 3. The molecule has 0 atom stereocenters. The number of nitrogens with zero attached hydrogens (tertiary/aromatic N) is 4. The molecule has 6 rings (SSSR count). The van der Waals surface area contributed by atoms with Gasteiger partial charge in [-0.1, -0.05) is 65.3 Å². The van der Waals surface area contributed by atoms with Crippen molar-refractivity contribution in [2.75, 3.05) is 13.1 Å². The van der Waals surface area contributed by atoms with Crippen LogP contribution < -0.4 is 15.7 Å². The number of nitrogens with one attached hydrogen (secondary N) is 1. The summed E-state index contributed by atoms with van der Waals surface area (Å²) in [5, 5.41) is 12.6. The van der Waals surface area contributed by atoms with Gasteiger partial charge in [-0.3, -0.25) is 9.69 Å². The zero-order valence-corrected chi connectivity index (χ0v) is 23.7. The molecule has 10 heteroatoms. The topological polar surface area (TPSA) is 102 Å². The standard InChI is InChI=1S/C32H30ClN5O4/c33-29-9-5-4-8-24(29)19-38-20-26(35-36-38)21-41-27-11-10-23-16-28(32(40)42-30(23)17-27)31(39)34-25-12-14-37(15-13-25)18-22-6-2-1-3-7-22/h1-11,16-17,20,25H,12-15,18-19,21H2,(H,34,39). The SMILES string of the molecule is O=C(NC1CCN(Cc2ccccc2)CC1)c1cc2ccc(OCc3cn(Cc4ccccc4Cl)nn3)cc2oc1=O. The van der Waals surface area contributed by atoms with Crippen LogP contribution in [0.15, 0.2) is 94.3 Å². The van der Waals surface area contributed by atoms with E-state index in [0.29, 0.717) is 34.0 Å². The van der Waals surface area contributed by atoms with Crippen molar-refractivity contribution in [1.29, 1.82) is 0 Å². The van der Waals surface area contributed by atoms with Crippen molar-refractivity contribution in [2.45, 2.75) is 38.6 Å². The molecule has 0 unspecified atom stereocenters. The van der Waals surface area contributed by atoms with Gasteiger partial charge >= 0.3 is 5.63 Å². The monoisotopic (exact) mass is 583 g/mol. The van der Waals surface area contributed by atoms with E-state index in [-0.39, 0.29) is 18.2 Å². The number of rotatable bonds is 9. The fourth-order valence-electron chi connectivity index (χ4n) is 5.12. The van der Waals surface area contributed by atoms with Gasteiger partial charge in [-0.2, -0.15) is 0 Å². The fourth-order valence-corrected chi connectivity index (χ4v) is 5.32. The maximum Gasteiger partial charge on any atom is 0.349 e. The Balaban J connectivity index is 1.04. The Morgan fingerprint density at radius 2 is 1.79 bits per heavy atom. The van der Waals surface area contributed by atoms with Crippen molar-refractivity contribution in [3.05, 3.63) is 123 Å². The zero-order valence-electron chi connectivity index (χ0n) is 22.9. The van der Waals surface area contributed by atoms with E-state index in [1.807, 2.05) is 42.5 Å². The van der Waals surface area contributed by atoms with Gasteiger partial charge in [0.1, 0.15) is 29.2 Å². The second kappa shape index (κ2) is 12.6. The van der Waals surface area contributed by atoms with Crippen LogP contribution in [0.2, 0.25) is 5.02 Å². The van der Waals surface area contributed by atoms with Gasteiger partial charge in [-0.05, 0) is 48.2 Å². The van der Waals surface area contributed by atoms with Gasteiger partial charge in [0.05, 0.1) is 12.7 Å². The van der Waals surface area contributed by atoms with E-state index in [1.165, 1.54) is 5.56 Å². The van der Waals surface area contributed by atoms with E-state index in [0.717, 1.165) is 38.0 Å². The van der Waals surface area contributed by atoms with Gasteiger partial charge in [0.25, 0.3) is 5.91 Å². The lowest BCUT2D eigenvalue weighted by Gasteiger charge is -2.32. The summed E-state index contributed by atoms with van der Waals surface area (Å²) in [5.74, 6) is 0.0955. The predicted molar refractivity (Wildman–Crippen MR) is 160 cm³/mol. The third-order valence-corrected chi connectivity index (χ3v) is 7.76. The smallest absolute Gasteiger partial charge is 0.349 e. The Bertz CT molecular complexity index is 1750. The molecule has 1 saturated heterocycles. The summed E-state index contributed by atoms with van der Waals surface area (Å²) < 4.78 is 13.1. The molecule has 42 heavy (non-hydrogen) atoms. The molecule has 3 heterocycles. The van der Waals surface area contributed by atoms with Gasteiger partial charge in [0.2, 0.25) is 0 Å². The number of carbonyl (C=O) groups excluding carboxylic acids is 1. The predicted octanol–water partition coefficient (Wildman–Crippen LogP) is 5.06. The van der Waals surface area contributed by atoms with Crippen molar-refractivity contribution in [1.82, 2.24) is 25.2 Å². The highest BCUT2D eigenvalue weighted by molar-refractivity contribution is 6.31. The second-order valence-electron chi connectivity index (χ2n) is 10.4. The zero-order chi connectivity index (χ0) is 28.9. The number of hydrogen-bond acceptors (Lipinski definition) is 7. The lowest BCUT2D eigenvalue weighted by atomic mass is 10.0. The first-order valence-corrected chi connectivity index (χ1v) is 14.3. The highest BCUT2D eigenvalue weighted by Crippen LogP contribution is 2.22. The van der Waals surface area contributed by atoms with Crippen LogP contribution in [0.4, 0.5) is 0 Å². The van der Waals surface area contributed by atoms with E-state index in [2.05, 4.69) is 32.7 Å². The number of amides is 1. The van der Waals surface area contributed by atoms with E-state index < -0.39 is 11.5 Å². The summed E-state index contributed by atoms with van der Waals surface area (Å²) in [4.78, 5) is 28.1. The summed E-state index contributed by atoms with van der Waals surface area (Å²) in [6, 6.07) is 24.7. The van der Waals surface area contributed by atoms with Crippen LogP contribution in [-0.4, -0.2) is 44.9 Å². The third kappa shape index (κ3) is 6.70. The minimum atomic E-state index is -0.679. The molecule has 9 nitrogen and oxygen atoms in total. The maximum atomic E-state index is 13.0. The van der Waals surface area contributed by atoms with Crippen LogP contribution in [0.3, 0.4) is 0 Å². The molecule has 0 radical (unpaired) electrons. The summed E-state index contributed by atoms with van der Waals surface area (Å²) >= 11 is 6.24. The highest BCUT2D eigenvalue weighted by Gasteiger charge is 2.23. The molecule has 2 aromatic heterocycles. The third-order valence-electron chi connectivity index (χ3n) is 7.39. The molecular formula is C32H30ClN5O4. The van der Waals surface area contributed by atoms with Crippen molar-refractivity contribution in [3.63, 3.8) is 0 Å². The quantitative estimate of drug-likeness (QED) is 0.242. The average molecular weight is 584 g/mol. The number of hydrogen-bond donors (Lipinski definition) is 1. The van der Waals surface area contributed by atoms with Crippen molar-refractivity contribution < 1.29 is 13.9 Å². The molecule has 1 fully saturated rings. The Hall–Kier alpha value is -4.47. The first-order valence-electron chi connectivity index (χ1n) is 13.9. The number of carbonyl (C=O) groups is 1. The molecular weight excluding hydrogens is 554 g/mol. The molecule has 0 spiro atoms. The van der Waals surface area contributed by atoms with Gasteiger partial charge in [0, 0.05) is 42.2 Å². The number of likely N-dealkylation sites (tertiary alicyclic amines) is 1. The molecule has 0 saturated carbocycles. The van der Waals surface area contributed by atoms with Crippen LogP contribution in [0, 0.1) is 0 Å². The number of ether oxygens (including phenoxy) is 1. The van der Waals surface area contributed by atoms with E-state index in [9.17, 15) is 9.59 Å². The fraction of sp³-hybridized carbons (Fsp3) is 0.250. The Kier molecular flexibility index (Phi) is 8.30. The lowest BCUT2D eigenvalue weighted by molar-refractivity contribution is 0.0905. The van der Waals surface area contributed by atoms with E-state index >= 15 is 0 Å². The Labute approximate surface area is 247 Å². The largest absolute Gasteiger partial charge is 0.487 e. The lowest BCUT2D eigenvalue weighted by Crippen LogP contribution is -2.45. The molecule has 0 bridgehead atoms. The molecule has 1 amide bonds. The minimum Gasteiger partial charge on any atom is -0.487 e. The number of piperidine rings is 1. The molecule has 5 aromatic rings. The highest BCUT2D eigenvalue weighted by atomic mass is 35.5. The first-order chi connectivity index (χ1) is 20.5. The van der Waals surface area contributed by atoms with Gasteiger partial charge in [0.15, 0.2) is 0 Å². The van der Waals surface area contributed by atoms with Gasteiger partial charge in [-0.25, -0.2) is 9.48 Å². The van der Waals surface area contributed by atoms with E-state index in [1.54, 1.807) is 35.1 Å². The summed E-state index contributed by atoms with van der Waals surface area (Å²) in [7, 11) is 0. The summed E-state index contributed by atoms with van der Waals surface area (Å²) in [5.41, 5.74) is 2.52. The molecule has 1 aliphatic rings. The molecule has 1 aliphatic heterocycles. The maximum absolute atomic E-state index is 13.0. The van der Waals surface area contributed by atoms with Gasteiger partial charge < -0.3 is 14.5 Å². The van der Waals surface area contributed by atoms with Crippen LogP contribution in [-0.2, 0) is 19.7 Å². The minimum absolute atomic E-state index is 0.00184. The van der Waals surface area contributed by atoms with Crippen molar-refractivity contribution in [2.24, 2.45) is 0 Å². The van der Waals surface area contributed by atoms with Crippen molar-refractivity contribution >= 4 is 28.5 Å². The molecule has 214 valence electrons. The first kappa shape index (κ1) is 27.7. The summed E-state index contributed by atoms with van der Waals surface area (Å²) in [6.07, 6.45) is 3.44. The molecule has 1 N–H and O–H groups in total. The van der Waals surface area contributed by atoms with Crippen molar-refractivity contribution in [3.8, 4) is 5.75 Å². The molecule has 0 aliphatic carbocycles. The average Bonchev–Trinajstić information content (AvgIpc) is 3.45.